The first kappa shape index (κ1) is 18.6. The van der Waals surface area contributed by atoms with Crippen LogP contribution < -0.4 is 4.90 Å². The van der Waals surface area contributed by atoms with E-state index in [0.29, 0.717) is 11.1 Å². The summed E-state index contributed by atoms with van der Waals surface area (Å²) < 4.78 is 39.4. The van der Waals surface area contributed by atoms with Crippen LogP contribution in [0.5, 0.6) is 0 Å². The van der Waals surface area contributed by atoms with Crippen molar-refractivity contribution < 1.29 is 22.8 Å². The van der Waals surface area contributed by atoms with Crippen LogP contribution in [0.4, 0.5) is 18.9 Å². The van der Waals surface area contributed by atoms with Crippen molar-refractivity contribution in [3.8, 4) is 0 Å². The average Bonchev–Trinajstić information content (AvgIpc) is 2.72. The van der Waals surface area contributed by atoms with Crippen molar-refractivity contribution >= 4 is 29.2 Å². The Bertz CT molecular complexity index is 1140. The van der Waals surface area contributed by atoms with Gasteiger partial charge in [-0.3, -0.25) is 14.6 Å². The number of carbonyl (C=O) groups is 2. The molecule has 1 aromatic heterocycles. The highest BCUT2D eigenvalue weighted by Gasteiger charge is 2.37. The average molecular weight is 394 g/mol. The highest BCUT2D eigenvalue weighted by Crippen LogP contribution is 2.36. The fraction of sp³-hybridized carbons (Fsp3) is 0.0455. The molecule has 1 aliphatic heterocycles. The van der Waals surface area contributed by atoms with Gasteiger partial charge in [0.15, 0.2) is 0 Å². The van der Waals surface area contributed by atoms with Crippen molar-refractivity contribution in [2.45, 2.75) is 6.18 Å². The van der Waals surface area contributed by atoms with Gasteiger partial charge in [-0.2, -0.15) is 13.2 Å². The Labute approximate surface area is 163 Å². The summed E-state index contributed by atoms with van der Waals surface area (Å²) in [6.07, 6.45) is 0.115. The van der Waals surface area contributed by atoms with E-state index in [4.69, 9.17) is 0 Å². The second kappa shape index (κ2) is 7.01. The molecule has 4 rings (SSSR count). The van der Waals surface area contributed by atoms with Gasteiger partial charge < -0.3 is 0 Å². The summed E-state index contributed by atoms with van der Waals surface area (Å²) >= 11 is 0. The number of alkyl halides is 3. The molecule has 3 aromatic rings. The van der Waals surface area contributed by atoms with Gasteiger partial charge in [0, 0.05) is 23.5 Å². The largest absolute Gasteiger partial charge is 0.416 e. The molecule has 0 radical (unpaired) electrons. The zero-order valence-electron chi connectivity index (χ0n) is 14.9. The summed E-state index contributed by atoms with van der Waals surface area (Å²) in [5.41, 5.74) is 0.492. The zero-order valence-corrected chi connectivity index (χ0v) is 14.9. The first-order valence-electron chi connectivity index (χ1n) is 8.63. The van der Waals surface area contributed by atoms with Gasteiger partial charge in [-0.15, -0.1) is 0 Å². The molecule has 7 heteroatoms. The maximum atomic E-state index is 13.2. The van der Waals surface area contributed by atoms with Crippen molar-refractivity contribution in [3.63, 3.8) is 0 Å². The summed E-state index contributed by atoms with van der Waals surface area (Å²) in [7, 11) is 0. The first-order chi connectivity index (χ1) is 13.9. The van der Waals surface area contributed by atoms with Crippen molar-refractivity contribution in [3.05, 3.63) is 95.3 Å². The molecule has 29 heavy (non-hydrogen) atoms. The van der Waals surface area contributed by atoms with E-state index in [2.05, 4.69) is 4.98 Å². The molecule has 4 nitrogen and oxygen atoms in total. The molecule has 0 spiro atoms. The quantitative estimate of drug-likeness (QED) is 0.462. The van der Waals surface area contributed by atoms with Gasteiger partial charge in [0.2, 0.25) is 0 Å². The molecule has 0 N–H and O–H groups in total. The lowest BCUT2D eigenvalue weighted by atomic mass is 9.91. The third-order valence-corrected chi connectivity index (χ3v) is 4.53. The monoisotopic (exact) mass is 394 g/mol. The van der Waals surface area contributed by atoms with Gasteiger partial charge in [0.25, 0.3) is 11.8 Å². The molecule has 0 saturated heterocycles. The lowest BCUT2D eigenvalue weighted by molar-refractivity contribution is -0.137. The molecular weight excluding hydrogens is 381 g/mol. The molecule has 144 valence electrons. The Kier molecular flexibility index (Phi) is 4.50. The number of carbonyl (C=O) groups excluding carboxylic acids is 2. The van der Waals surface area contributed by atoms with Crippen molar-refractivity contribution in [2.24, 2.45) is 0 Å². The van der Waals surface area contributed by atoms with Crippen LogP contribution in [-0.4, -0.2) is 16.8 Å². The van der Waals surface area contributed by atoms with E-state index < -0.39 is 23.6 Å². The van der Waals surface area contributed by atoms with Crippen LogP contribution in [0.25, 0.3) is 11.6 Å². The predicted molar refractivity (Wildman–Crippen MR) is 102 cm³/mol. The Hall–Kier alpha value is -3.74. The SMILES string of the molecule is O=C1/C(=C\c2ccncc2)c2ccccc2C(=O)N1c1cccc(C(F)(F)F)c1. The van der Waals surface area contributed by atoms with Crippen LogP contribution in [0, 0.1) is 0 Å². The summed E-state index contributed by atoms with van der Waals surface area (Å²) in [6.45, 7) is 0. The normalized spacial score (nSPS) is 15.6. The van der Waals surface area contributed by atoms with Crippen molar-refractivity contribution in [1.82, 2.24) is 4.98 Å². The third-order valence-electron chi connectivity index (χ3n) is 4.53. The van der Waals surface area contributed by atoms with Crippen LogP contribution in [0.15, 0.2) is 73.1 Å². The lowest BCUT2D eigenvalue weighted by Gasteiger charge is -2.29. The van der Waals surface area contributed by atoms with Gasteiger partial charge in [0.05, 0.1) is 11.3 Å². The molecule has 0 fully saturated rings. The number of hydrogen-bond acceptors (Lipinski definition) is 3. The minimum absolute atomic E-state index is 0.134. The highest BCUT2D eigenvalue weighted by atomic mass is 19.4. The number of rotatable bonds is 2. The van der Waals surface area contributed by atoms with Gasteiger partial charge >= 0.3 is 6.18 Å². The van der Waals surface area contributed by atoms with E-state index in [1.807, 2.05) is 0 Å². The summed E-state index contributed by atoms with van der Waals surface area (Å²) in [5.74, 6) is -1.36. The van der Waals surface area contributed by atoms with Gasteiger partial charge in [-0.25, -0.2) is 4.90 Å². The summed E-state index contributed by atoms with van der Waals surface area (Å²) in [6, 6.07) is 14.1. The van der Waals surface area contributed by atoms with Crippen molar-refractivity contribution in [2.75, 3.05) is 4.90 Å². The molecule has 2 heterocycles. The Balaban J connectivity index is 1.89. The van der Waals surface area contributed by atoms with E-state index in [-0.39, 0.29) is 16.8 Å². The summed E-state index contributed by atoms with van der Waals surface area (Å²) in [4.78, 5) is 30.9. The van der Waals surface area contributed by atoms with Crippen molar-refractivity contribution in [1.29, 1.82) is 0 Å². The molecule has 2 aromatic carbocycles. The molecule has 0 bridgehead atoms. The molecule has 0 unspecified atom stereocenters. The Morgan fingerprint density at radius 3 is 2.21 bits per heavy atom. The minimum Gasteiger partial charge on any atom is -0.268 e. The number of benzene rings is 2. The maximum Gasteiger partial charge on any atom is 0.416 e. The molecule has 2 amide bonds. The van der Waals surface area contributed by atoms with E-state index in [0.717, 1.165) is 17.0 Å². The third kappa shape index (κ3) is 3.42. The second-order valence-corrected chi connectivity index (χ2v) is 6.38. The minimum atomic E-state index is -4.59. The van der Waals surface area contributed by atoms with E-state index in [9.17, 15) is 22.8 Å². The fourth-order valence-corrected chi connectivity index (χ4v) is 3.17. The maximum absolute atomic E-state index is 13.2. The van der Waals surface area contributed by atoms with Crippen LogP contribution in [-0.2, 0) is 11.0 Å². The van der Waals surface area contributed by atoms with Crippen LogP contribution in [0.3, 0.4) is 0 Å². The van der Waals surface area contributed by atoms with Gasteiger partial charge in [0.1, 0.15) is 0 Å². The number of hydrogen-bond donors (Lipinski definition) is 0. The predicted octanol–water partition coefficient (Wildman–Crippen LogP) is 4.83. The fourth-order valence-electron chi connectivity index (χ4n) is 3.17. The lowest BCUT2D eigenvalue weighted by Crippen LogP contribution is -2.41. The number of anilines is 1. The molecule has 0 atom stereocenters. The summed E-state index contributed by atoms with van der Waals surface area (Å²) in [5, 5.41) is 0. The zero-order chi connectivity index (χ0) is 20.6. The number of halogens is 3. The van der Waals surface area contributed by atoms with Crippen LogP contribution in [0.2, 0.25) is 0 Å². The molecular formula is C22H13F3N2O2. The van der Waals surface area contributed by atoms with E-state index in [1.165, 1.54) is 12.1 Å². The standard InChI is InChI=1S/C22H13F3N2O2/c23-22(24,25)15-4-3-5-16(13-15)27-20(28)18-7-2-1-6-17(18)19(21(27)29)12-14-8-10-26-11-9-14/h1-13H/b19-12-. The number of nitrogens with zero attached hydrogens (tertiary/aromatic N) is 2. The van der Waals surface area contributed by atoms with Crippen LogP contribution >= 0.6 is 0 Å². The number of fused-ring (bicyclic) bond motifs is 1. The van der Waals surface area contributed by atoms with E-state index in [1.54, 1.807) is 54.9 Å². The van der Waals surface area contributed by atoms with Gasteiger partial charge in [-0.05, 0) is 53.6 Å². The second-order valence-electron chi connectivity index (χ2n) is 6.38. The number of pyridine rings is 1. The number of amides is 2. The van der Waals surface area contributed by atoms with Crippen LogP contribution in [0.1, 0.15) is 27.0 Å². The van der Waals surface area contributed by atoms with Gasteiger partial charge in [-0.1, -0.05) is 24.3 Å². The molecule has 0 aliphatic carbocycles. The molecule has 0 saturated carbocycles. The first-order valence-corrected chi connectivity index (χ1v) is 8.63. The topological polar surface area (TPSA) is 50.3 Å². The molecule has 1 aliphatic rings. The number of imide groups is 1. The smallest absolute Gasteiger partial charge is 0.268 e. The number of aromatic nitrogens is 1. The highest BCUT2D eigenvalue weighted by molar-refractivity contribution is 6.43. The Morgan fingerprint density at radius 1 is 0.828 bits per heavy atom. The Morgan fingerprint density at radius 2 is 1.52 bits per heavy atom. The van der Waals surface area contributed by atoms with E-state index >= 15 is 0 Å².